The zero-order valence-electron chi connectivity index (χ0n) is 12.6. The van der Waals surface area contributed by atoms with E-state index >= 15 is 0 Å². The molecule has 0 aromatic heterocycles. The van der Waals surface area contributed by atoms with Gasteiger partial charge in [-0.25, -0.2) is 0 Å². The number of benzene rings is 1. The van der Waals surface area contributed by atoms with Crippen LogP contribution in [0.15, 0.2) is 18.2 Å². The van der Waals surface area contributed by atoms with Crippen LogP contribution < -0.4 is 10.6 Å². The van der Waals surface area contributed by atoms with Crippen molar-refractivity contribution in [1.29, 1.82) is 0 Å². The Morgan fingerprint density at radius 3 is 2.32 bits per heavy atom. The summed E-state index contributed by atoms with van der Waals surface area (Å²) in [4.78, 5) is 2.50. The third kappa shape index (κ3) is 4.39. The molecule has 108 valence electrons. The number of halogens is 1. The van der Waals surface area contributed by atoms with Crippen molar-refractivity contribution >= 4 is 17.3 Å². The highest BCUT2D eigenvalue weighted by atomic mass is 35.5. The maximum absolute atomic E-state index is 6.08. The molecule has 0 saturated heterocycles. The van der Waals surface area contributed by atoms with Crippen LogP contribution in [0.1, 0.15) is 46.1 Å². The maximum atomic E-state index is 6.08. The second kappa shape index (κ2) is 7.76. The summed E-state index contributed by atoms with van der Waals surface area (Å²) in [6, 6.07) is 6.64. The molecule has 2 N–H and O–H groups in total. The molecule has 0 spiro atoms. The van der Waals surface area contributed by atoms with Gasteiger partial charge in [0.25, 0.3) is 0 Å². The lowest BCUT2D eigenvalue weighted by Crippen LogP contribution is -2.38. The molecule has 1 aromatic carbocycles. The van der Waals surface area contributed by atoms with Crippen molar-refractivity contribution in [2.45, 2.75) is 53.1 Å². The highest BCUT2D eigenvalue weighted by Gasteiger charge is 2.19. The Kier molecular flexibility index (Phi) is 6.67. The molecule has 0 fully saturated rings. The first-order valence-electron chi connectivity index (χ1n) is 7.28. The second-order valence-corrected chi connectivity index (χ2v) is 5.93. The summed E-state index contributed by atoms with van der Waals surface area (Å²) in [6.45, 7) is 10.6. The topological polar surface area (TPSA) is 29.3 Å². The fraction of sp³-hybridized carbons (Fsp3) is 0.625. The number of anilines is 1. The summed E-state index contributed by atoms with van der Waals surface area (Å²) in [6.07, 6.45) is 2.30. The summed E-state index contributed by atoms with van der Waals surface area (Å²) in [5.41, 5.74) is 8.27. The van der Waals surface area contributed by atoms with Gasteiger partial charge in [-0.3, -0.25) is 0 Å². The second-order valence-electron chi connectivity index (χ2n) is 5.49. The van der Waals surface area contributed by atoms with Crippen LogP contribution in [0, 0.1) is 5.92 Å². The van der Waals surface area contributed by atoms with Gasteiger partial charge in [0.15, 0.2) is 0 Å². The molecular weight excluding hydrogens is 256 g/mol. The van der Waals surface area contributed by atoms with Crippen molar-refractivity contribution < 1.29 is 0 Å². The molecule has 0 radical (unpaired) electrons. The van der Waals surface area contributed by atoms with Crippen LogP contribution >= 0.6 is 11.6 Å². The van der Waals surface area contributed by atoms with Gasteiger partial charge in [0.1, 0.15) is 0 Å². The van der Waals surface area contributed by atoms with Crippen molar-refractivity contribution in [3.05, 3.63) is 28.8 Å². The van der Waals surface area contributed by atoms with Crippen molar-refractivity contribution in [3.63, 3.8) is 0 Å². The lowest BCUT2D eigenvalue weighted by Gasteiger charge is -2.35. The van der Waals surface area contributed by atoms with Gasteiger partial charge in [0.2, 0.25) is 0 Å². The van der Waals surface area contributed by atoms with E-state index in [1.165, 1.54) is 5.69 Å². The summed E-state index contributed by atoms with van der Waals surface area (Å²) in [5.74, 6) is 0.627. The summed E-state index contributed by atoms with van der Waals surface area (Å²) < 4.78 is 0. The SMILES string of the molecule is CCC(CC)N(CC(C)C)c1ccc(Cl)cc1CN. The largest absolute Gasteiger partial charge is 0.368 e. The number of hydrogen-bond acceptors (Lipinski definition) is 2. The van der Waals surface area contributed by atoms with E-state index in [2.05, 4.69) is 38.7 Å². The van der Waals surface area contributed by atoms with Crippen LogP contribution in [0.25, 0.3) is 0 Å². The van der Waals surface area contributed by atoms with Crippen LogP contribution in [0.2, 0.25) is 5.02 Å². The normalized spacial score (nSPS) is 11.4. The predicted octanol–water partition coefficient (Wildman–Crippen LogP) is 4.45. The zero-order chi connectivity index (χ0) is 14.4. The maximum Gasteiger partial charge on any atom is 0.0415 e. The average molecular weight is 283 g/mol. The highest BCUT2D eigenvalue weighted by molar-refractivity contribution is 6.30. The van der Waals surface area contributed by atoms with Gasteiger partial charge in [-0.2, -0.15) is 0 Å². The molecule has 0 saturated carbocycles. The van der Waals surface area contributed by atoms with Crippen LogP contribution in [-0.4, -0.2) is 12.6 Å². The Labute approximate surface area is 122 Å². The monoisotopic (exact) mass is 282 g/mol. The van der Waals surface area contributed by atoms with Crippen molar-refractivity contribution in [2.24, 2.45) is 11.7 Å². The number of rotatable bonds is 7. The molecule has 0 bridgehead atoms. The van der Waals surface area contributed by atoms with Crippen molar-refractivity contribution in [1.82, 2.24) is 0 Å². The van der Waals surface area contributed by atoms with Crippen molar-refractivity contribution in [3.8, 4) is 0 Å². The third-order valence-electron chi connectivity index (χ3n) is 3.52. The molecular formula is C16H27ClN2. The first kappa shape index (κ1) is 16.3. The fourth-order valence-electron chi connectivity index (χ4n) is 2.56. The van der Waals surface area contributed by atoms with Crippen LogP contribution in [0.5, 0.6) is 0 Å². The summed E-state index contributed by atoms with van der Waals surface area (Å²) >= 11 is 6.08. The molecule has 0 aliphatic heterocycles. The Balaban J connectivity index is 3.15. The molecule has 1 rings (SSSR count). The van der Waals surface area contributed by atoms with E-state index in [1.807, 2.05) is 12.1 Å². The van der Waals surface area contributed by atoms with Gasteiger partial charge in [0, 0.05) is 29.8 Å². The van der Waals surface area contributed by atoms with E-state index in [-0.39, 0.29) is 0 Å². The lowest BCUT2D eigenvalue weighted by molar-refractivity contribution is 0.506. The molecule has 0 aliphatic rings. The van der Waals surface area contributed by atoms with Crippen molar-refractivity contribution in [2.75, 3.05) is 11.4 Å². The van der Waals surface area contributed by atoms with Crippen LogP contribution in [0.4, 0.5) is 5.69 Å². The van der Waals surface area contributed by atoms with E-state index in [4.69, 9.17) is 17.3 Å². The number of nitrogens with two attached hydrogens (primary N) is 1. The third-order valence-corrected chi connectivity index (χ3v) is 3.75. The molecule has 2 nitrogen and oxygen atoms in total. The zero-order valence-corrected chi connectivity index (χ0v) is 13.4. The molecule has 0 amide bonds. The Morgan fingerprint density at radius 1 is 1.21 bits per heavy atom. The smallest absolute Gasteiger partial charge is 0.0415 e. The minimum absolute atomic E-state index is 0.532. The van der Waals surface area contributed by atoms with E-state index in [9.17, 15) is 0 Å². The van der Waals surface area contributed by atoms with E-state index in [0.717, 1.165) is 30.0 Å². The van der Waals surface area contributed by atoms with E-state index in [0.29, 0.717) is 18.5 Å². The van der Waals surface area contributed by atoms with Gasteiger partial charge in [-0.15, -0.1) is 0 Å². The first-order chi connectivity index (χ1) is 9.03. The van der Waals surface area contributed by atoms with Gasteiger partial charge < -0.3 is 10.6 Å². The van der Waals surface area contributed by atoms with E-state index in [1.54, 1.807) is 0 Å². The van der Waals surface area contributed by atoms with E-state index < -0.39 is 0 Å². The van der Waals surface area contributed by atoms with Gasteiger partial charge in [-0.1, -0.05) is 39.3 Å². The van der Waals surface area contributed by atoms with Gasteiger partial charge >= 0.3 is 0 Å². The van der Waals surface area contributed by atoms with Crippen LogP contribution in [-0.2, 0) is 6.54 Å². The molecule has 0 aliphatic carbocycles. The minimum Gasteiger partial charge on any atom is -0.368 e. The molecule has 0 unspecified atom stereocenters. The number of hydrogen-bond donors (Lipinski definition) is 1. The highest BCUT2D eigenvalue weighted by Crippen LogP contribution is 2.28. The average Bonchev–Trinajstić information content (AvgIpc) is 2.38. The lowest BCUT2D eigenvalue weighted by atomic mass is 10.0. The summed E-state index contributed by atoms with van der Waals surface area (Å²) in [7, 11) is 0. The first-order valence-corrected chi connectivity index (χ1v) is 7.66. The molecule has 0 atom stereocenters. The molecule has 1 aromatic rings. The predicted molar refractivity (Wildman–Crippen MR) is 85.9 cm³/mol. The Hall–Kier alpha value is -0.730. The standard InChI is InChI=1S/C16H27ClN2/c1-5-15(6-2)19(11-12(3)4)16-8-7-14(17)9-13(16)10-18/h7-9,12,15H,5-6,10-11,18H2,1-4H3. The fourth-order valence-corrected chi connectivity index (χ4v) is 2.76. The van der Waals surface area contributed by atoms with Gasteiger partial charge in [0.05, 0.1) is 0 Å². The molecule has 3 heteroatoms. The summed E-state index contributed by atoms with van der Waals surface area (Å²) in [5, 5.41) is 0.762. The van der Waals surface area contributed by atoms with Gasteiger partial charge in [-0.05, 0) is 42.5 Å². The molecule has 19 heavy (non-hydrogen) atoms. The number of nitrogens with zero attached hydrogens (tertiary/aromatic N) is 1. The Morgan fingerprint density at radius 2 is 1.84 bits per heavy atom. The van der Waals surface area contributed by atoms with Crippen LogP contribution in [0.3, 0.4) is 0 Å². The quantitative estimate of drug-likeness (QED) is 0.800. The minimum atomic E-state index is 0.532. The Bertz CT molecular complexity index is 386. The molecule has 0 heterocycles.